The predicted molar refractivity (Wildman–Crippen MR) is 246 cm³/mol. The van der Waals surface area contributed by atoms with Crippen molar-refractivity contribution in [2.24, 2.45) is 0 Å². The minimum Gasteiger partial charge on any atom is -0.309 e. The highest BCUT2D eigenvalue weighted by molar-refractivity contribution is 6.05. The maximum absolute atomic E-state index is 2.61. The summed E-state index contributed by atoms with van der Waals surface area (Å²) in [6.45, 7) is 4.76. The van der Waals surface area contributed by atoms with Crippen molar-refractivity contribution in [3.63, 3.8) is 0 Å². The molecule has 0 atom stereocenters. The fourth-order valence-electron chi connectivity index (χ4n) is 11.0. The van der Waals surface area contributed by atoms with E-state index < -0.39 is 5.41 Å². The van der Waals surface area contributed by atoms with E-state index in [9.17, 15) is 0 Å². The summed E-state index contributed by atoms with van der Waals surface area (Å²) in [5, 5.41) is 0. The minimum atomic E-state index is -0.451. The summed E-state index contributed by atoms with van der Waals surface area (Å²) in [6.07, 6.45) is 0. The lowest BCUT2D eigenvalue weighted by Gasteiger charge is -2.33. The zero-order chi connectivity index (χ0) is 39.3. The second-order valence-electron chi connectivity index (χ2n) is 16.8. The van der Waals surface area contributed by atoms with Crippen LogP contribution in [-0.2, 0) is 10.8 Å². The average molecular weight is 752 g/mol. The third-order valence-corrected chi connectivity index (χ3v) is 13.5. The summed E-state index contributed by atoms with van der Waals surface area (Å²) >= 11 is 0. The van der Waals surface area contributed by atoms with Crippen molar-refractivity contribution in [3.8, 4) is 55.6 Å². The number of hydrogen-bond donors (Lipinski definition) is 0. The number of hydrogen-bond acceptors (Lipinski definition) is 1. The van der Waals surface area contributed by atoms with Gasteiger partial charge in [-0.15, -0.1) is 0 Å². The molecule has 3 aliphatic rings. The molecule has 3 aliphatic carbocycles. The molecular weight excluding hydrogens is 711 g/mol. The molecule has 0 heterocycles. The monoisotopic (exact) mass is 751 g/mol. The van der Waals surface area contributed by atoms with Crippen LogP contribution in [0.5, 0.6) is 0 Å². The molecule has 0 N–H and O–H groups in total. The highest BCUT2D eigenvalue weighted by atomic mass is 15.2. The number of benzene rings is 9. The van der Waals surface area contributed by atoms with E-state index in [0.717, 1.165) is 5.69 Å². The molecule has 0 saturated carbocycles. The highest BCUT2D eigenvalue weighted by Gasteiger charge is 2.52. The Kier molecular flexibility index (Phi) is 7.26. The van der Waals surface area contributed by atoms with Gasteiger partial charge in [-0.1, -0.05) is 202 Å². The van der Waals surface area contributed by atoms with Gasteiger partial charge in [0.15, 0.2) is 0 Å². The van der Waals surface area contributed by atoms with E-state index in [0.29, 0.717) is 0 Å². The molecule has 12 rings (SSSR count). The van der Waals surface area contributed by atoms with Crippen molar-refractivity contribution >= 4 is 17.1 Å². The Morgan fingerprint density at radius 3 is 1.34 bits per heavy atom. The molecule has 0 fully saturated rings. The summed E-state index contributed by atoms with van der Waals surface area (Å²) < 4.78 is 0. The fourth-order valence-corrected chi connectivity index (χ4v) is 11.0. The lowest BCUT2D eigenvalue weighted by Crippen LogP contribution is -2.26. The van der Waals surface area contributed by atoms with Crippen molar-refractivity contribution in [3.05, 3.63) is 246 Å². The van der Waals surface area contributed by atoms with Gasteiger partial charge < -0.3 is 4.90 Å². The van der Waals surface area contributed by atoms with E-state index in [1.807, 2.05) is 0 Å². The normalized spacial score (nSPS) is 14.2. The Bertz CT molecular complexity index is 3090. The van der Waals surface area contributed by atoms with Gasteiger partial charge in [0.1, 0.15) is 0 Å². The van der Waals surface area contributed by atoms with E-state index >= 15 is 0 Å². The van der Waals surface area contributed by atoms with Crippen molar-refractivity contribution < 1.29 is 0 Å². The van der Waals surface area contributed by atoms with E-state index in [2.05, 4.69) is 231 Å². The molecule has 9 aromatic rings. The molecule has 278 valence electrons. The molecule has 1 spiro atoms. The third-order valence-electron chi connectivity index (χ3n) is 13.5. The van der Waals surface area contributed by atoms with Crippen LogP contribution in [-0.4, -0.2) is 0 Å². The first kappa shape index (κ1) is 33.9. The van der Waals surface area contributed by atoms with Crippen LogP contribution in [0.15, 0.2) is 212 Å². The second-order valence-corrected chi connectivity index (χ2v) is 16.8. The van der Waals surface area contributed by atoms with Crippen molar-refractivity contribution in [2.75, 3.05) is 4.90 Å². The predicted octanol–water partition coefficient (Wildman–Crippen LogP) is 15.1. The van der Waals surface area contributed by atoms with Gasteiger partial charge in [-0.2, -0.15) is 0 Å². The number of anilines is 3. The quantitative estimate of drug-likeness (QED) is 0.169. The summed E-state index contributed by atoms with van der Waals surface area (Å²) in [6, 6.07) is 79.2. The van der Waals surface area contributed by atoms with Crippen LogP contribution in [0, 0.1) is 0 Å². The molecule has 9 aromatic carbocycles. The number of fused-ring (bicyclic) bond motifs is 13. The maximum Gasteiger partial charge on any atom is 0.0726 e. The summed E-state index contributed by atoms with van der Waals surface area (Å²) in [5.41, 5.74) is 23.6. The molecule has 0 aliphatic heterocycles. The van der Waals surface area contributed by atoms with Crippen molar-refractivity contribution in [2.45, 2.75) is 24.7 Å². The smallest absolute Gasteiger partial charge is 0.0726 e. The van der Waals surface area contributed by atoms with E-state index in [1.54, 1.807) is 0 Å². The summed E-state index contributed by atoms with van der Waals surface area (Å²) in [7, 11) is 0. The largest absolute Gasteiger partial charge is 0.309 e. The highest BCUT2D eigenvalue weighted by Crippen LogP contribution is 2.65. The number of rotatable bonds is 5. The van der Waals surface area contributed by atoms with Crippen LogP contribution in [0.2, 0.25) is 0 Å². The topological polar surface area (TPSA) is 3.24 Å². The second kappa shape index (κ2) is 12.6. The Labute approximate surface area is 346 Å². The zero-order valence-corrected chi connectivity index (χ0v) is 33.2. The molecular formula is C58H41N. The standard InChI is InChI=1S/C58H41N/c1-57(2)46-27-13-11-25-43(46)55-50(57)31-17-33-53(55)59(52-36-35-40(38-19-5-3-6-20-38)37-45(52)39-21-7-4-8-22-39)54-34-18-32-51-56(54)44-26-12-16-30-49(44)58(51)47-28-14-9-23-41(47)42-24-10-15-29-48(42)58/h3-37H,1-2H3. The van der Waals surface area contributed by atoms with Crippen molar-refractivity contribution in [1.82, 2.24) is 0 Å². The fraction of sp³-hybridized carbons (Fsp3) is 0.0690. The van der Waals surface area contributed by atoms with Crippen LogP contribution < -0.4 is 4.90 Å². The molecule has 1 nitrogen and oxygen atoms in total. The maximum atomic E-state index is 2.61. The van der Waals surface area contributed by atoms with E-state index in [-0.39, 0.29) is 5.41 Å². The Morgan fingerprint density at radius 1 is 0.288 bits per heavy atom. The lowest BCUT2D eigenvalue weighted by atomic mass is 9.70. The minimum absolute atomic E-state index is 0.153. The van der Waals surface area contributed by atoms with Crippen LogP contribution >= 0.6 is 0 Å². The summed E-state index contributed by atoms with van der Waals surface area (Å²) in [5.74, 6) is 0. The zero-order valence-electron chi connectivity index (χ0n) is 33.2. The van der Waals surface area contributed by atoms with E-state index in [4.69, 9.17) is 0 Å². The molecule has 0 unspecified atom stereocenters. The first-order valence-electron chi connectivity index (χ1n) is 20.8. The van der Waals surface area contributed by atoms with Crippen LogP contribution in [0.1, 0.15) is 47.2 Å². The van der Waals surface area contributed by atoms with Gasteiger partial charge in [0.25, 0.3) is 0 Å². The molecule has 0 saturated heterocycles. The Morgan fingerprint density at radius 2 is 0.729 bits per heavy atom. The average Bonchev–Trinajstić information content (AvgIpc) is 3.86. The van der Waals surface area contributed by atoms with Gasteiger partial charge in [0, 0.05) is 22.1 Å². The van der Waals surface area contributed by atoms with Gasteiger partial charge >= 0.3 is 0 Å². The molecule has 1 heteroatoms. The van der Waals surface area contributed by atoms with Gasteiger partial charge in [-0.3, -0.25) is 0 Å². The molecule has 0 bridgehead atoms. The van der Waals surface area contributed by atoms with Crippen molar-refractivity contribution in [1.29, 1.82) is 0 Å². The lowest BCUT2D eigenvalue weighted by molar-refractivity contribution is 0.660. The summed E-state index contributed by atoms with van der Waals surface area (Å²) in [4.78, 5) is 2.61. The molecule has 0 aromatic heterocycles. The third kappa shape index (κ3) is 4.62. The SMILES string of the molecule is CC1(C)c2ccccc2-c2c(N(c3ccc(-c4ccccc4)cc3-c3ccccc3)c3cccc4c3-c3ccccc3C43c4ccccc4-c4ccccc43)cccc21. The number of nitrogens with zero attached hydrogens (tertiary/aromatic N) is 1. The molecule has 0 radical (unpaired) electrons. The van der Waals surface area contributed by atoms with Gasteiger partial charge in [0.2, 0.25) is 0 Å². The van der Waals surface area contributed by atoms with Gasteiger partial charge in [0.05, 0.1) is 22.5 Å². The van der Waals surface area contributed by atoms with E-state index in [1.165, 1.54) is 100 Å². The Hall–Kier alpha value is -7.22. The molecule has 59 heavy (non-hydrogen) atoms. The van der Waals surface area contributed by atoms with Crippen LogP contribution in [0.3, 0.4) is 0 Å². The molecule has 0 amide bonds. The Balaban J connectivity index is 1.22. The van der Waals surface area contributed by atoms with Crippen LogP contribution in [0.25, 0.3) is 55.6 Å². The van der Waals surface area contributed by atoms with Gasteiger partial charge in [-0.05, 0) is 96.6 Å². The van der Waals surface area contributed by atoms with Gasteiger partial charge in [-0.25, -0.2) is 0 Å². The first-order valence-corrected chi connectivity index (χ1v) is 20.8. The van der Waals surface area contributed by atoms with Crippen LogP contribution in [0.4, 0.5) is 17.1 Å². The first-order chi connectivity index (χ1) is 29.1.